The highest BCUT2D eigenvalue weighted by molar-refractivity contribution is 8.01. The number of hydrogen-bond acceptors (Lipinski definition) is 4. The maximum Gasteiger partial charge on any atom is 0.298 e. The number of fused-ring (bicyclic) bond motifs is 11. The van der Waals surface area contributed by atoms with E-state index < -0.39 is 0 Å². The van der Waals surface area contributed by atoms with Crippen LogP contribution in [0.4, 0.5) is 34.1 Å². The van der Waals surface area contributed by atoms with E-state index >= 15 is 0 Å². The maximum absolute atomic E-state index is 7.82. The third-order valence-electron chi connectivity index (χ3n) is 18.9. The largest absolute Gasteiger partial charge is 0.468 e. The molecule has 3 nitrogen and oxygen atoms in total. The average molecular weight is 1000 g/mol. The SMILES string of the molecule is CC(C)(C)c1ccc(N2c3cc(/C(=C\c4ccccc4)c4ccccc4)cc4c3B(c3oc5cc6c(cc5c3N4c3ccc(C(C)(C)C)cc3)C(C)(C)CCC6(C)C)c3c2ccc2c3SC3(C)CCCCC23C)cc1. The minimum atomic E-state index is -0.164. The van der Waals surface area contributed by atoms with Crippen LogP contribution in [0, 0.1) is 0 Å². The monoisotopic (exact) mass is 1000 g/mol. The van der Waals surface area contributed by atoms with E-state index in [9.17, 15) is 0 Å². The fraction of sp³-hybridized carbons (Fsp3) is 0.343. The van der Waals surface area contributed by atoms with E-state index in [1.54, 1.807) is 0 Å². The number of thioether (sulfide) groups is 1. The number of furan rings is 1. The number of rotatable bonds is 5. The van der Waals surface area contributed by atoms with E-state index in [1.807, 2.05) is 0 Å². The van der Waals surface area contributed by atoms with Crippen LogP contribution in [0.2, 0.25) is 0 Å². The molecule has 1 saturated carbocycles. The van der Waals surface area contributed by atoms with Crippen LogP contribution in [0.3, 0.4) is 0 Å². The van der Waals surface area contributed by atoms with Gasteiger partial charge in [-0.25, -0.2) is 0 Å². The average Bonchev–Trinajstić information content (AvgIpc) is 3.88. The minimum Gasteiger partial charge on any atom is -0.468 e. The van der Waals surface area contributed by atoms with E-state index in [-0.39, 0.29) is 38.5 Å². The third-order valence-corrected chi connectivity index (χ3v) is 20.7. The minimum absolute atomic E-state index is 0.00236. The standard InChI is InChI=1S/C70H73BN2OS/c1-65(2,3)47-25-29-49(30-26-47)72-56-34-33-53-63(75-70(12)36-20-19-35-69(53,70)11)61(56)71-60-57(72)40-46(51(45-23-17-14-18-24-45)39-44-21-15-13-16-22-44)41-58(60)73(50-31-27-48(28-32-50)66(4,5)6)62-52-42-54-55(43-59(52)74-64(62)71)68(9,10)38-37-67(54,7)8/h13-18,21-34,39-43H,19-20,35-38H2,1-12H3/b51-39-. The van der Waals surface area contributed by atoms with Crippen molar-refractivity contribution in [3.63, 3.8) is 0 Å². The Hall–Kier alpha value is -6.17. The predicted molar refractivity (Wildman–Crippen MR) is 323 cm³/mol. The molecule has 5 heteroatoms. The van der Waals surface area contributed by atoms with E-state index in [0.29, 0.717) is 0 Å². The van der Waals surface area contributed by atoms with Crippen LogP contribution in [0.5, 0.6) is 0 Å². The van der Waals surface area contributed by atoms with E-state index in [4.69, 9.17) is 4.42 Å². The topological polar surface area (TPSA) is 19.6 Å². The second kappa shape index (κ2) is 16.7. The first-order chi connectivity index (χ1) is 35.7. The van der Waals surface area contributed by atoms with Crippen molar-refractivity contribution in [2.75, 3.05) is 9.80 Å². The Bertz CT molecular complexity index is 3630. The number of anilines is 6. The Morgan fingerprint density at radius 1 is 0.547 bits per heavy atom. The van der Waals surface area contributed by atoms with Crippen molar-refractivity contribution in [2.45, 2.75) is 158 Å². The zero-order valence-electron chi connectivity index (χ0n) is 46.5. The highest BCUT2D eigenvalue weighted by Gasteiger charge is 2.57. The number of benzene rings is 7. The van der Waals surface area contributed by atoms with Crippen molar-refractivity contribution < 1.29 is 4.42 Å². The molecule has 7 aromatic carbocycles. The lowest BCUT2D eigenvalue weighted by Crippen LogP contribution is -2.61. The van der Waals surface area contributed by atoms with Gasteiger partial charge in [-0.05, 0) is 176 Å². The van der Waals surface area contributed by atoms with E-state index in [1.165, 1.54) is 125 Å². The lowest BCUT2D eigenvalue weighted by molar-refractivity contribution is 0.260. The highest BCUT2D eigenvalue weighted by atomic mass is 32.2. The van der Waals surface area contributed by atoms with Crippen LogP contribution < -0.4 is 26.4 Å². The molecule has 0 saturated heterocycles. The zero-order chi connectivity index (χ0) is 52.2. The smallest absolute Gasteiger partial charge is 0.298 e. The lowest BCUT2D eigenvalue weighted by atomic mass is 9.35. The fourth-order valence-corrected chi connectivity index (χ4v) is 15.9. The predicted octanol–water partition coefficient (Wildman–Crippen LogP) is 17.7. The van der Waals surface area contributed by atoms with Gasteiger partial charge in [0.1, 0.15) is 5.58 Å². The molecular formula is C70H73BN2OS. The molecule has 378 valence electrons. The first-order valence-corrected chi connectivity index (χ1v) is 28.8. The van der Waals surface area contributed by atoms with Crippen LogP contribution in [0.15, 0.2) is 155 Å². The van der Waals surface area contributed by atoms with Gasteiger partial charge in [0, 0.05) is 48.9 Å². The first kappa shape index (κ1) is 48.5. The van der Waals surface area contributed by atoms with Gasteiger partial charge in [0.05, 0.1) is 11.3 Å². The Labute approximate surface area is 451 Å². The molecule has 0 radical (unpaired) electrons. The zero-order valence-corrected chi connectivity index (χ0v) is 47.3. The van der Waals surface area contributed by atoms with Crippen LogP contribution in [0.25, 0.3) is 22.6 Å². The van der Waals surface area contributed by atoms with Crippen molar-refractivity contribution >= 4 is 91.8 Å². The summed E-state index contributed by atoms with van der Waals surface area (Å²) in [6, 6.07) is 56.1. The molecule has 2 atom stereocenters. The molecular weight excluding hydrogens is 928 g/mol. The van der Waals surface area contributed by atoms with Gasteiger partial charge in [0.15, 0.2) is 0 Å². The van der Waals surface area contributed by atoms with Gasteiger partial charge in [-0.2, -0.15) is 0 Å². The van der Waals surface area contributed by atoms with Crippen LogP contribution >= 0.6 is 11.8 Å². The van der Waals surface area contributed by atoms with Gasteiger partial charge in [-0.1, -0.05) is 180 Å². The van der Waals surface area contributed by atoms with Crippen molar-refractivity contribution in [3.8, 4) is 0 Å². The van der Waals surface area contributed by atoms with Crippen LogP contribution in [0.1, 0.15) is 166 Å². The molecule has 13 rings (SSSR count). The molecule has 4 heterocycles. The molecule has 1 fully saturated rings. The summed E-state index contributed by atoms with van der Waals surface area (Å²) in [5, 5.41) is 1.20. The second-order valence-corrected chi connectivity index (χ2v) is 28.2. The molecule has 0 N–H and O–H groups in total. The molecule has 5 aliphatic rings. The first-order valence-electron chi connectivity index (χ1n) is 27.9. The number of hydrogen-bond donors (Lipinski definition) is 0. The van der Waals surface area contributed by atoms with Gasteiger partial charge < -0.3 is 14.2 Å². The van der Waals surface area contributed by atoms with Crippen molar-refractivity contribution in [3.05, 3.63) is 190 Å². The summed E-state index contributed by atoms with van der Waals surface area (Å²) < 4.78 is 7.91. The van der Waals surface area contributed by atoms with Crippen molar-refractivity contribution in [1.29, 1.82) is 0 Å². The Balaban J connectivity index is 1.19. The summed E-state index contributed by atoms with van der Waals surface area (Å²) in [6.45, 7) is 28.7. The summed E-state index contributed by atoms with van der Waals surface area (Å²) in [5.41, 5.74) is 23.7. The van der Waals surface area contributed by atoms with E-state index in [2.05, 4.69) is 256 Å². The molecule has 0 amide bonds. The Morgan fingerprint density at radius 2 is 1.11 bits per heavy atom. The summed E-state index contributed by atoms with van der Waals surface area (Å²) in [6.07, 6.45) is 9.65. The van der Waals surface area contributed by atoms with Crippen molar-refractivity contribution in [1.82, 2.24) is 0 Å². The quantitative estimate of drug-likeness (QED) is 0.126. The highest BCUT2D eigenvalue weighted by Crippen LogP contribution is 2.64. The second-order valence-electron chi connectivity index (χ2n) is 26.7. The molecule has 3 aliphatic heterocycles. The fourth-order valence-electron chi connectivity index (χ4n) is 14.0. The third kappa shape index (κ3) is 7.44. The van der Waals surface area contributed by atoms with Gasteiger partial charge in [-0.3, -0.25) is 0 Å². The van der Waals surface area contributed by atoms with Gasteiger partial charge in [0.2, 0.25) is 0 Å². The molecule has 75 heavy (non-hydrogen) atoms. The van der Waals surface area contributed by atoms with Gasteiger partial charge in [0.25, 0.3) is 6.71 Å². The Kier molecular flexibility index (Phi) is 10.8. The maximum atomic E-state index is 7.82. The lowest BCUT2D eigenvalue weighted by Gasteiger charge is -2.45. The van der Waals surface area contributed by atoms with E-state index in [0.717, 1.165) is 29.8 Å². The van der Waals surface area contributed by atoms with Gasteiger partial charge in [-0.15, -0.1) is 11.8 Å². The van der Waals surface area contributed by atoms with Gasteiger partial charge >= 0.3 is 0 Å². The molecule has 0 bridgehead atoms. The summed E-state index contributed by atoms with van der Waals surface area (Å²) in [5.74, 6) is 0. The normalized spacial score (nSPS) is 21.3. The molecule has 2 unspecified atom stereocenters. The molecule has 2 aliphatic carbocycles. The van der Waals surface area contributed by atoms with Crippen LogP contribution in [-0.4, -0.2) is 11.5 Å². The summed E-state index contributed by atoms with van der Waals surface area (Å²) >= 11 is 2.18. The van der Waals surface area contributed by atoms with Crippen LogP contribution in [-0.2, 0) is 27.1 Å². The van der Waals surface area contributed by atoms with Crippen molar-refractivity contribution in [2.24, 2.45) is 0 Å². The summed E-state index contributed by atoms with van der Waals surface area (Å²) in [4.78, 5) is 6.72. The Morgan fingerprint density at radius 3 is 1.72 bits per heavy atom. The molecule has 1 aromatic heterocycles. The summed E-state index contributed by atoms with van der Waals surface area (Å²) in [7, 11) is 0. The number of nitrogens with zero attached hydrogens (tertiary/aromatic N) is 2. The molecule has 0 spiro atoms. The molecule has 8 aromatic rings.